The van der Waals surface area contributed by atoms with Crippen molar-refractivity contribution in [2.45, 2.75) is 13.3 Å². The molecule has 3 nitrogen and oxygen atoms in total. The van der Waals surface area contributed by atoms with Gasteiger partial charge in [0.2, 0.25) is 12.8 Å². The first kappa shape index (κ1) is 12.7. The highest BCUT2D eigenvalue weighted by molar-refractivity contribution is 6.07. The number of amides is 1. The van der Waals surface area contributed by atoms with Crippen molar-refractivity contribution in [2.24, 2.45) is 0 Å². The normalized spacial score (nSPS) is 13.5. The monoisotopic (exact) mass is 271 g/mol. The van der Waals surface area contributed by atoms with Crippen molar-refractivity contribution in [2.75, 3.05) is 11.8 Å². The number of aryl methyl sites for hydroxylation is 1. The van der Waals surface area contributed by atoms with Crippen LogP contribution in [-0.4, -0.2) is 12.8 Å². The summed E-state index contributed by atoms with van der Waals surface area (Å²) in [6.07, 6.45) is 0.416. The second-order valence-corrected chi connectivity index (χ2v) is 4.79. The van der Waals surface area contributed by atoms with Crippen LogP contribution in [0.3, 0.4) is 0 Å². The number of carbonyl (C=O) groups excluding carboxylic acids is 1. The Morgan fingerprint density at radius 3 is 2.65 bits per heavy atom. The van der Waals surface area contributed by atoms with Crippen LogP contribution in [0.25, 0.3) is 0 Å². The Labute approximate surface area is 116 Å². The predicted molar refractivity (Wildman–Crippen MR) is 75.1 cm³/mol. The van der Waals surface area contributed by atoms with Gasteiger partial charge in [-0.25, -0.2) is 4.39 Å². The Hall–Kier alpha value is -2.36. The smallest absolute Gasteiger partial charge is 0.236 e. The number of hydrogen-bond donors (Lipinski definition) is 0. The number of ether oxygens (including phenoxy) is 1. The molecule has 0 atom stereocenters. The fourth-order valence-corrected chi connectivity index (χ4v) is 2.49. The minimum absolute atomic E-state index is 0.0461. The van der Waals surface area contributed by atoms with E-state index in [1.54, 1.807) is 29.2 Å². The van der Waals surface area contributed by atoms with E-state index < -0.39 is 6.86 Å². The second-order valence-electron chi connectivity index (χ2n) is 4.79. The molecular formula is C16H14FNO2. The van der Waals surface area contributed by atoms with Gasteiger partial charge in [0.05, 0.1) is 12.1 Å². The summed E-state index contributed by atoms with van der Waals surface area (Å²) in [4.78, 5) is 13.9. The number of halogens is 1. The summed E-state index contributed by atoms with van der Waals surface area (Å²) in [6.45, 7) is 1.15. The van der Waals surface area contributed by atoms with Gasteiger partial charge in [0.25, 0.3) is 0 Å². The SMILES string of the molecule is Cc1ccc2c(c1)CC(=O)N2c1ccc(OCF)cc1. The van der Waals surface area contributed by atoms with E-state index in [1.807, 2.05) is 25.1 Å². The van der Waals surface area contributed by atoms with Gasteiger partial charge in [0.15, 0.2) is 0 Å². The molecule has 1 amide bonds. The van der Waals surface area contributed by atoms with Crippen LogP contribution in [0.4, 0.5) is 15.8 Å². The number of anilines is 2. The molecular weight excluding hydrogens is 257 g/mol. The zero-order valence-corrected chi connectivity index (χ0v) is 11.1. The van der Waals surface area contributed by atoms with Crippen LogP contribution in [-0.2, 0) is 11.2 Å². The van der Waals surface area contributed by atoms with E-state index in [0.29, 0.717) is 12.2 Å². The van der Waals surface area contributed by atoms with Gasteiger partial charge < -0.3 is 4.74 Å². The lowest BCUT2D eigenvalue weighted by Gasteiger charge is -2.18. The van der Waals surface area contributed by atoms with E-state index in [1.165, 1.54) is 0 Å². The van der Waals surface area contributed by atoms with Crippen LogP contribution in [0.2, 0.25) is 0 Å². The van der Waals surface area contributed by atoms with Crippen molar-refractivity contribution >= 4 is 17.3 Å². The first-order valence-corrected chi connectivity index (χ1v) is 6.40. The molecule has 2 aromatic carbocycles. The van der Waals surface area contributed by atoms with Crippen molar-refractivity contribution in [1.29, 1.82) is 0 Å². The molecule has 2 aromatic rings. The Bertz CT molecular complexity index is 652. The van der Waals surface area contributed by atoms with Gasteiger partial charge in [0, 0.05) is 5.69 Å². The maximum atomic E-state index is 12.2. The molecule has 1 heterocycles. The Morgan fingerprint density at radius 2 is 1.95 bits per heavy atom. The van der Waals surface area contributed by atoms with Crippen molar-refractivity contribution in [3.63, 3.8) is 0 Å². The first-order valence-electron chi connectivity index (χ1n) is 6.40. The van der Waals surface area contributed by atoms with Crippen LogP contribution in [0.1, 0.15) is 11.1 Å². The molecule has 1 aliphatic rings. The summed E-state index contributed by atoms with van der Waals surface area (Å²) >= 11 is 0. The summed E-state index contributed by atoms with van der Waals surface area (Å²) in [5, 5.41) is 0. The van der Waals surface area contributed by atoms with Crippen molar-refractivity contribution in [1.82, 2.24) is 0 Å². The molecule has 0 fully saturated rings. The Balaban J connectivity index is 1.96. The molecule has 3 rings (SSSR count). The van der Waals surface area contributed by atoms with E-state index in [2.05, 4.69) is 0 Å². The quantitative estimate of drug-likeness (QED) is 0.854. The number of nitrogens with zero attached hydrogens (tertiary/aromatic N) is 1. The highest BCUT2D eigenvalue weighted by Gasteiger charge is 2.28. The lowest BCUT2D eigenvalue weighted by Crippen LogP contribution is -2.20. The summed E-state index contributed by atoms with van der Waals surface area (Å²) in [5.41, 5.74) is 3.87. The number of benzene rings is 2. The number of fused-ring (bicyclic) bond motifs is 1. The standard InChI is InChI=1S/C16H14FNO2/c1-11-2-7-15-12(8-11)9-16(19)18(15)13-3-5-14(6-4-13)20-10-17/h2-8H,9-10H2,1H3. The highest BCUT2D eigenvalue weighted by atomic mass is 19.1. The minimum Gasteiger partial charge on any atom is -0.463 e. The number of carbonyl (C=O) groups is 1. The molecule has 0 radical (unpaired) electrons. The maximum Gasteiger partial charge on any atom is 0.236 e. The molecule has 0 saturated heterocycles. The molecule has 0 aliphatic carbocycles. The van der Waals surface area contributed by atoms with Crippen LogP contribution in [0.15, 0.2) is 42.5 Å². The average molecular weight is 271 g/mol. The molecule has 1 aliphatic heterocycles. The third-order valence-electron chi connectivity index (χ3n) is 3.38. The molecule has 0 spiro atoms. The van der Waals surface area contributed by atoms with Crippen molar-refractivity contribution in [3.05, 3.63) is 53.6 Å². The van der Waals surface area contributed by atoms with Gasteiger partial charge in [-0.05, 0) is 42.8 Å². The lowest BCUT2D eigenvalue weighted by atomic mass is 10.1. The Morgan fingerprint density at radius 1 is 1.20 bits per heavy atom. The number of rotatable bonds is 3. The van der Waals surface area contributed by atoms with E-state index in [4.69, 9.17) is 4.74 Å². The molecule has 20 heavy (non-hydrogen) atoms. The largest absolute Gasteiger partial charge is 0.463 e. The first-order chi connectivity index (χ1) is 9.69. The van der Waals surface area contributed by atoms with Crippen LogP contribution >= 0.6 is 0 Å². The van der Waals surface area contributed by atoms with Gasteiger partial charge in [-0.1, -0.05) is 17.7 Å². The molecule has 0 aromatic heterocycles. The summed E-state index contributed by atoms with van der Waals surface area (Å²) in [6, 6.07) is 12.8. The zero-order valence-electron chi connectivity index (χ0n) is 11.1. The molecule has 0 unspecified atom stereocenters. The minimum atomic E-state index is -0.857. The summed E-state index contributed by atoms with van der Waals surface area (Å²) in [7, 11) is 0. The Kier molecular flexibility index (Phi) is 3.14. The van der Waals surface area contributed by atoms with Crippen LogP contribution < -0.4 is 9.64 Å². The van der Waals surface area contributed by atoms with E-state index in [9.17, 15) is 9.18 Å². The van der Waals surface area contributed by atoms with Crippen molar-refractivity contribution < 1.29 is 13.9 Å². The number of alkyl halides is 1. The van der Waals surface area contributed by atoms with Gasteiger partial charge in [0.1, 0.15) is 5.75 Å². The molecule has 0 saturated carbocycles. The maximum absolute atomic E-state index is 12.2. The molecule has 0 bridgehead atoms. The molecule has 0 N–H and O–H groups in total. The third-order valence-corrected chi connectivity index (χ3v) is 3.38. The van der Waals surface area contributed by atoms with Gasteiger partial charge in [-0.15, -0.1) is 0 Å². The summed E-state index contributed by atoms with van der Waals surface area (Å²) < 4.78 is 16.9. The topological polar surface area (TPSA) is 29.5 Å². The lowest BCUT2D eigenvalue weighted by molar-refractivity contribution is -0.116. The van der Waals surface area contributed by atoms with Gasteiger partial charge in [-0.2, -0.15) is 0 Å². The predicted octanol–water partition coefficient (Wildman–Crippen LogP) is 3.52. The summed E-state index contributed by atoms with van der Waals surface area (Å²) in [5.74, 6) is 0.497. The van der Waals surface area contributed by atoms with E-state index in [-0.39, 0.29) is 5.91 Å². The fraction of sp³-hybridized carbons (Fsp3) is 0.188. The van der Waals surface area contributed by atoms with E-state index >= 15 is 0 Å². The fourth-order valence-electron chi connectivity index (χ4n) is 2.49. The van der Waals surface area contributed by atoms with Gasteiger partial charge in [-0.3, -0.25) is 9.69 Å². The van der Waals surface area contributed by atoms with E-state index in [0.717, 1.165) is 22.5 Å². The number of hydrogen-bond acceptors (Lipinski definition) is 2. The van der Waals surface area contributed by atoms with Gasteiger partial charge >= 0.3 is 0 Å². The highest BCUT2D eigenvalue weighted by Crippen LogP contribution is 2.36. The second kappa shape index (κ2) is 4.96. The van der Waals surface area contributed by atoms with Crippen LogP contribution in [0.5, 0.6) is 5.75 Å². The average Bonchev–Trinajstić information content (AvgIpc) is 2.75. The third kappa shape index (κ3) is 2.13. The van der Waals surface area contributed by atoms with Crippen LogP contribution in [0, 0.1) is 6.92 Å². The zero-order chi connectivity index (χ0) is 14.1. The molecule has 102 valence electrons. The van der Waals surface area contributed by atoms with Crippen molar-refractivity contribution in [3.8, 4) is 5.75 Å². The molecule has 4 heteroatoms.